The Morgan fingerprint density at radius 1 is 0.741 bits per heavy atom. The predicted octanol–water partition coefficient (Wildman–Crippen LogP) is 3.97. The molecule has 0 atom stereocenters. The van der Waals surface area contributed by atoms with Crippen LogP contribution in [0.15, 0.2) is 82.8 Å². The molecule has 1 aliphatic rings. The second-order valence-electron chi connectivity index (χ2n) is 6.20. The summed E-state index contributed by atoms with van der Waals surface area (Å²) in [4.78, 5) is 12.9. The van der Waals surface area contributed by atoms with E-state index in [9.17, 15) is 13.2 Å². The van der Waals surface area contributed by atoms with E-state index in [1.165, 1.54) is 12.1 Å². The van der Waals surface area contributed by atoms with Crippen molar-refractivity contribution in [1.82, 2.24) is 0 Å². The number of carbonyl (C=O) groups is 1. The lowest BCUT2D eigenvalue weighted by Gasteiger charge is -2.19. The minimum absolute atomic E-state index is 0.0191. The van der Waals surface area contributed by atoms with Gasteiger partial charge >= 0.3 is 10.1 Å². The largest absolute Gasteiger partial charge is 0.358 e. The molecular weight excluding hydrogens is 362 g/mol. The van der Waals surface area contributed by atoms with Gasteiger partial charge in [0, 0.05) is 11.1 Å². The first-order valence-electron chi connectivity index (χ1n) is 8.29. The van der Waals surface area contributed by atoms with Gasteiger partial charge in [-0.3, -0.25) is 9.08 Å². The van der Waals surface area contributed by atoms with E-state index in [0.29, 0.717) is 11.1 Å². The number of hydrogen-bond donors (Lipinski definition) is 0. The van der Waals surface area contributed by atoms with E-state index in [1.54, 1.807) is 36.4 Å². The summed E-state index contributed by atoms with van der Waals surface area (Å²) in [6, 6.07) is 20.6. The molecule has 27 heavy (non-hydrogen) atoms. The van der Waals surface area contributed by atoms with Crippen LogP contribution in [0.2, 0.25) is 0 Å². The minimum atomic E-state index is -4.12. The molecule has 0 bridgehead atoms. The Bertz CT molecular complexity index is 1180. The Kier molecular flexibility index (Phi) is 4.12. The normalized spacial score (nSPS) is 14.6. The van der Waals surface area contributed by atoms with Gasteiger partial charge in [0.25, 0.3) is 0 Å². The Morgan fingerprint density at radius 2 is 1.26 bits per heavy atom. The van der Waals surface area contributed by atoms with Crippen LogP contribution >= 0.6 is 0 Å². The van der Waals surface area contributed by atoms with Crippen LogP contribution in [0.4, 0.5) is 0 Å². The van der Waals surface area contributed by atoms with Crippen molar-refractivity contribution in [3.8, 4) is 11.1 Å². The fourth-order valence-corrected chi connectivity index (χ4v) is 3.74. The zero-order chi connectivity index (χ0) is 19.0. The number of ketones is 1. The molecule has 0 amide bonds. The van der Waals surface area contributed by atoms with Gasteiger partial charge in [0.15, 0.2) is 5.71 Å². The van der Waals surface area contributed by atoms with Crippen molar-refractivity contribution < 1.29 is 17.5 Å². The molecule has 0 fully saturated rings. The van der Waals surface area contributed by atoms with Crippen LogP contribution in [0, 0.1) is 6.92 Å². The molecule has 0 spiro atoms. The fourth-order valence-electron chi connectivity index (χ4n) is 3.02. The van der Waals surface area contributed by atoms with Crippen LogP contribution in [0.5, 0.6) is 0 Å². The number of oxime groups is 1. The molecule has 134 valence electrons. The van der Waals surface area contributed by atoms with E-state index < -0.39 is 10.1 Å². The van der Waals surface area contributed by atoms with Crippen LogP contribution in [-0.4, -0.2) is 19.9 Å². The topological polar surface area (TPSA) is 72.8 Å². The summed E-state index contributed by atoms with van der Waals surface area (Å²) >= 11 is 0. The van der Waals surface area contributed by atoms with Gasteiger partial charge in [-0.15, -0.1) is 0 Å². The molecule has 0 heterocycles. The van der Waals surface area contributed by atoms with Crippen molar-refractivity contribution >= 4 is 21.6 Å². The highest BCUT2D eigenvalue weighted by atomic mass is 32.2. The van der Waals surface area contributed by atoms with E-state index in [0.717, 1.165) is 16.7 Å². The van der Waals surface area contributed by atoms with Crippen molar-refractivity contribution in [3.05, 3.63) is 89.5 Å². The third-order valence-electron chi connectivity index (χ3n) is 4.40. The summed E-state index contributed by atoms with van der Waals surface area (Å²) in [5.41, 5.74) is 3.50. The van der Waals surface area contributed by atoms with Crippen LogP contribution in [0.3, 0.4) is 0 Å². The highest BCUT2D eigenvalue weighted by Gasteiger charge is 2.29. The summed E-state index contributed by atoms with van der Waals surface area (Å²) in [5, 5.41) is 3.75. The van der Waals surface area contributed by atoms with E-state index >= 15 is 0 Å². The van der Waals surface area contributed by atoms with Crippen molar-refractivity contribution in [1.29, 1.82) is 0 Å². The molecule has 3 aromatic rings. The van der Waals surface area contributed by atoms with Crippen molar-refractivity contribution in [2.75, 3.05) is 0 Å². The number of fused-ring (bicyclic) bond motifs is 3. The smallest absolute Gasteiger partial charge is 0.287 e. The van der Waals surface area contributed by atoms with Crippen LogP contribution in [-0.2, 0) is 14.4 Å². The third-order valence-corrected chi connectivity index (χ3v) is 5.52. The van der Waals surface area contributed by atoms with E-state index in [2.05, 4.69) is 5.16 Å². The average molecular weight is 377 g/mol. The van der Waals surface area contributed by atoms with Crippen molar-refractivity contribution in [2.24, 2.45) is 5.16 Å². The Balaban J connectivity index is 1.78. The van der Waals surface area contributed by atoms with Crippen LogP contribution in [0.25, 0.3) is 11.1 Å². The SMILES string of the molecule is Cc1ccc(S(=O)(=O)O/N=C2/C(=O)c3ccccc3-c3ccccc32)cc1. The van der Waals surface area contributed by atoms with Crippen molar-refractivity contribution in [2.45, 2.75) is 11.8 Å². The van der Waals surface area contributed by atoms with Gasteiger partial charge in [-0.1, -0.05) is 71.4 Å². The summed E-state index contributed by atoms with van der Waals surface area (Å²) in [5.74, 6) is -0.372. The second-order valence-corrected chi connectivity index (χ2v) is 7.73. The predicted molar refractivity (Wildman–Crippen MR) is 102 cm³/mol. The summed E-state index contributed by atoms with van der Waals surface area (Å²) in [6.45, 7) is 1.85. The Morgan fingerprint density at radius 3 is 1.89 bits per heavy atom. The molecule has 0 saturated heterocycles. The van der Waals surface area contributed by atoms with E-state index in [-0.39, 0.29) is 16.4 Å². The van der Waals surface area contributed by atoms with Gasteiger partial charge < -0.3 is 0 Å². The Labute approximate surface area is 157 Å². The maximum absolute atomic E-state index is 12.9. The number of hydrogen-bond acceptors (Lipinski definition) is 5. The summed E-state index contributed by atoms with van der Waals surface area (Å²) in [6.07, 6.45) is 0. The second kappa shape index (κ2) is 6.48. The first-order chi connectivity index (χ1) is 13.0. The molecule has 0 saturated carbocycles. The highest BCUT2D eigenvalue weighted by molar-refractivity contribution is 7.86. The number of rotatable bonds is 3. The molecular formula is C21H15NO4S. The Hall–Kier alpha value is -3.25. The van der Waals surface area contributed by atoms with Gasteiger partial charge in [-0.25, -0.2) is 0 Å². The van der Waals surface area contributed by atoms with Gasteiger partial charge in [0.05, 0.1) is 0 Å². The number of Topliss-reactive ketones (excluding diaryl/α,β-unsaturated/α-hetero) is 1. The van der Waals surface area contributed by atoms with E-state index in [1.807, 2.05) is 31.2 Å². The van der Waals surface area contributed by atoms with Gasteiger partial charge in [0.1, 0.15) is 4.90 Å². The van der Waals surface area contributed by atoms with Gasteiger partial charge in [0.2, 0.25) is 5.78 Å². The quantitative estimate of drug-likeness (QED) is 0.648. The van der Waals surface area contributed by atoms with Gasteiger partial charge in [-0.2, -0.15) is 8.42 Å². The molecule has 0 N–H and O–H groups in total. The third kappa shape index (κ3) is 3.04. The molecule has 0 aromatic heterocycles. The maximum Gasteiger partial charge on any atom is 0.358 e. The number of nitrogens with zero attached hydrogens (tertiary/aromatic N) is 1. The molecule has 0 unspecified atom stereocenters. The first kappa shape index (κ1) is 17.2. The average Bonchev–Trinajstić information content (AvgIpc) is 2.68. The monoisotopic (exact) mass is 377 g/mol. The molecule has 4 rings (SSSR count). The lowest BCUT2D eigenvalue weighted by atomic mass is 9.83. The molecule has 0 aliphatic heterocycles. The number of benzene rings is 3. The zero-order valence-corrected chi connectivity index (χ0v) is 15.2. The summed E-state index contributed by atoms with van der Waals surface area (Å²) < 4.78 is 29.7. The standard InChI is InChI=1S/C21H15NO4S/c1-14-10-12-15(13-11-14)27(24,25)26-22-20-18-8-4-2-6-16(18)17-7-3-5-9-19(17)21(20)23/h2-13H,1H3/b22-20+. The maximum atomic E-state index is 12.9. The zero-order valence-electron chi connectivity index (χ0n) is 14.4. The van der Waals surface area contributed by atoms with Crippen LogP contribution < -0.4 is 0 Å². The lowest BCUT2D eigenvalue weighted by Crippen LogP contribution is -2.23. The molecule has 3 aromatic carbocycles. The lowest BCUT2D eigenvalue weighted by molar-refractivity contribution is 0.106. The number of carbonyl (C=O) groups excluding carboxylic acids is 1. The summed E-state index contributed by atoms with van der Waals surface area (Å²) in [7, 11) is -4.12. The number of aryl methyl sites for hydroxylation is 1. The molecule has 0 radical (unpaired) electrons. The minimum Gasteiger partial charge on any atom is -0.287 e. The first-order valence-corrected chi connectivity index (χ1v) is 9.70. The highest BCUT2D eigenvalue weighted by Crippen LogP contribution is 2.33. The van der Waals surface area contributed by atoms with Crippen LogP contribution in [0.1, 0.15) is 21.5 Å². The fraction of sp³-hybridized carbons (Fsp3) is 0.0476. The van der Waals surface area contributed by atoms with Crippen molar-refractivity contribution in [3.63, 3.8) is 0 Å². The molecule has 5 nitrogen and oxygen atoms in total. The van der Waals surface area contributed by atoms with Gasteiger partial charge in [-0.05, 0) is 30.2 Å². The molecule has 6 heteroatoms. The van der Waals surface area contributed by atoms with E-state index in [4.69, 9.17) is 4.28 Å². The molecule has 1 aliphatic carbocycles.